The van der Waals surface area contributed by atoms with Crippen LogP contribution in [0.1, 0.15) is 54.3 Å². The minimum atomic E-state index is -3.24. The van der Waals surface area contributed by atoms with Gasteiger partial charge in [0.2, 0.25) is 0 Å². The number of nitrogens with one attached hydrogen (secondary N) is 1. The van der Waals surface area contributed by atoms with Gasteiger partial charge in [-0.25, -0.2) is 13.4 Å². The smallest absolute Gasteiger partial charge is 0.271 e. The highest BCUT2D eigenvalue weighted by Crippen LogP contribution is 2.26. The number of carbonyl (C=O) groups is 1. The lowest BCUT2D eigenvalue weighted by Gasteiger charge is -2.14. The number of thiazole rings is 1. The number of hydrogen-bond donors (Lipinski definition) is 1. The number of rotatable bonds is 6. The van der Waals surface area contributed by atoms with E-state index in [-0.39, 0.29) is 16.8 Å². The summed E-state index contributed by atoms with van der Waals surface area (Å²) in [6, 6.07) is 14.5. The molecule has 0 aliphatic carbocycles. The molecule has 3 aromatic rings. The van der Waals surface area contributed by atoms with Gasteiger partial charge in [-0.2, -0.15) is 0 Å². The maximum Gasteiger partial charge on any atom is 0.271 e. The number of amides is 1. The van der Waals surface area contributed by atoms with Crippen molar-refractivity contribution in [2.75, 3.05) is 6.26 Å². The Morgan fingerprint density at radius 2 is 1.55 bits per heavy atom. The number of benzene rings is 2. The van der Waals surface area contributed by atoms with Crippen molar-refractivity contribution in [2.24, 2.45) is 0 Å². The van der Waals surface area contributed by atoms with Crippen LogP contribution >= 0.6 is 11.3 Å². The Kier molecular flexibility index (Phi) is 6.19. The van der Waals surface area contributed by atoms with Crippen LogP contribution < -0.4 is 5.32 Å². The summed E-state index contributed by atoms with van der Waals surface area (Å²) >= 11 is 1.43. The van der Waals surface area contributed by atoms with E-state index in [4.69, 9.17) is 0 Å². The number of carbonyl (C=O) groups excluding carboxylic acids is 1. The average Bonchev–Trinajstić information content (AvgIpc) is 3.18. The molecule has 7 heteroatoms. The van der Waals surface area contributed by atoms with Crippen LogP contribution in [0.5, 0.6) is 0 Å². The van der Waals surface area contributed by atoms with Gasteiger partial charge in [-0.15, -0.1) is 11.3 Å². The Morgan fingerprint density at radius 1 is 0.966 bits per heavy atom. The normalized spacial score (nSPS) is 12.7. The molecule has 3 rings (SSSR count). The van der Waals surface area contributed by atoms with Crippen LogP contribution in [-0.4, -0.2) is 25.6 Å². The minimum absolute atomic E-state index is 0.257. The van der Waals surface area contributed by atoms with Crippen LogP contribution in [0.2, 0.25) is 0 Å². The monoisotopic (exact) mass is 428 g/mol. The first-order valence-corrected chi connectivity index (χ1v) is 12.1. The van der Waals surface area contributed by atoms with Crippen LogP contribution in [0.3, 0.4) is 0 Å². The van der Waals surface area contributed by atoms with Crippen molar-refractivity contribution in [3.8, 4) is 10.6 Å². The predicted octanol–water partition coefficient (Wildman–Crippen LogP) is 4.83. The molecule has 0 unspecified atom stereocenters. The van der Waals surface area contributed by atoms with Crippen LogP contribution in [0.25, 0.3) is 10.6 Å². The van der Waals surface area contributed by atoms with Crippen LogP contribution in [-0.2, 0) is 9.84 Å². The summed E-state index contributed by atoms with van der Waals surface area (Å²) in [6.07, 6.45) is 1.17. The molecule has 2 aromatic carbocycles. The summed E-state index contributed by atoms with van der Waals surface area (Å²) in [5.41, 5.74) is 3.45. The standard InChI is InChI=1S/C22H24N2O3S2/c1-14(2)16-5-7-18(8-6-16)22-24-20(13-28-22)21(25)23-15(3)17-9-11-19(12-10-17)29(4,26)27/h5-15H,1-4H3,(H,23,25)/t15-/m1/s1. The van der Waals surface area contributed by atoms with E-state index < -0.39 is 9.84 Å². The van der Waals surface area contributed by atoms with Crippen molar-refractivity contribution < 1.29 is 13.2 Å². The summed E-state index contributed by atoms with van der Waals surface area (Å²) in [5, 5.41) is 5.47. The third kappa shape index (κ3) is 5.10. The molecule has 1 amide bonds. The van der Waals surface area contributed by atoms with Crippen molar-refractivity contribution in [1.82, 2.24) is 10.3 Å². The molecule has 29 heavy (non-hydrogen) atoms. The Labute approximate surface area is 175 Å². The van der Waals surface area contributed by atoms with E-state index >= 15 is 0 Å². The first-order chi connectivity index (χ1) is 13.6. The SMILES string of the molecule is CC(C)c1ccc(-c2nc(C(=O)N[C@H](C)c3ccc(S(C)(=O)=O)cc3)cs2)cc1. The fourth-order valence-corrected chi connectivity index (χ4v) is 4.32. The lowest BCUT2D eigenvalue weighted by molar-refractivity contribution is 0.0935. The molecule has 152 valence electrons. The molecular formula is C22H24N2O3S2. The summed E-state index contributed by atoms with van der Waals surface area (Å²) in [4.78, 5) is 17.3. The van der Waals surface area contributed by atoms with Gasteiger partial charge in [0.1, 0.15) is 10.7 Å². The Balaban J connectivity index is 1.69. The molecule has 1 heterocycles. The zero-order valence-corrected chi connectivity index (χ0v) is 18.5. The molecule has 0 fully saturated rings. The second-order valence-electron chi connectivity index (χ2n) is 7.35. The lowest BCUT2D eigenvalue weighted by Crippen LogP contribution is -2.26. The van der Waals surface area contributed by atoms with Gasteiger partial charge >= 0.3 is 0 Å². The quantitative estimate of drug-likeness (QED) is 0.610. The highest BCUT2D eigenvalue weighted by Gasteiger charge is 2.16. The van der Waals surface area contributed by atoms with Crippen LogP contribution in [0, 0.1) is 0 Å². The molecule has 1 aromatic heterocycles. The summed E-state index contributed by atoms with van der Waals surface area (Å²) < 4.78 is 23.1. The van der Waals surface area contributed by atoms with Gasteiger partial charge in [-0.3, -0.25) is 4.79 Å². The maximum atomic E-state index is 12.6. The first kappa shape index (κ1) is 21.2. The first-order valence-electron chi connectivity index (χ1n) is 9.32. The molecule has 0 spiro atoms. The second kappa shape index (κ2) is 8.47. The number of sulfone groups is 1. The molecule has 0 saturated heterocycles. The van der Waals surface area contributed by atoms with E-state index in [0.29, 0.717) is 11.6 Å². The van der Waals surface area contributed by atoms with Crippen molar-refractivity contribution in [1.29, 1.82) is 0 Å². The van der Waals surface area contributed by atoms with E-state index in [1.165, 1.54) is 23.2 Å². The van der Waals surface area contributed by atoms with E-state index in [9.17, 15) is 13.2 Å². The van der Waals surface area contributed by atoms with Gasteiger partial charge in [0, 0.05) is 17.2 Å². The van der Waals surface area contributed by atoms with Crippen LogP contribution in [0.15, 0.2) is 58.8 Å². The van der Waals surface area contributed by atoms with E-state index in [2.05, 4.69) is 36.3 Å². The lowest BCUT2D eigenvalue weighted by atomic mass is 10.0. The van der Waals surface area contributed by atoms with E-state index in [1.807, 2.05) is 19.1 Å². The van der Waals surface area contributed by atoms with Crippen molar-refractivity contribution >= 4 is 27.1 Å². The fraction of sp³-hybridized carbons (Fsp3) is 0.273. The second-order valence-corrected chi connectivity index (χ2v) is 10.2. The molecule has 1 atom stereocenters. The van der Waals surface area contributed by atoms with Gasteiger partial charge in [-0.05, 0) is 36.1 Å². The van der Waals surface area contributed by atoms with Gasteiger partial charge in [0.15, 0.2) is 9.84 Å². The number of nitrogens with zero attached hydrogens (tertiary/aromatic N) is 1. The molecular weight excluding hydrogens is 404 g/mol. The van der Waals surface area contributed by atoms with Crippen molar-refractivity contribution in [3.05, 3.63) is 70.7 Å². The van der Waals surface area contributed by atoms with Gasteiger partial charge < -0.3 is 5.32 Å². The summed E-state index contributed by atoms with van der Waals surface area (Å²) in [5.74, 6) is 0.209. The third-order valence-electron chi connectivity index (χ3n) is 4.72. The van der Waals surface area contributed by atoms with Crippen LogP contribution in [0.4, 0.5) is 0 Å². The number of aromatic nitrogens is 1. The van der Waals surface area contributed by atoms with Gasteiger partial charge in [0.25, 0.3) is 5.91 Å². The zero-order chi connectivity index (χ0) is 21.2. The Morgan fingerprint density at radius 3 is 2.10 bits per heavy atom. The average molecular weight is 429 g/mol. The van der Waals surface area contributed by atoms with Gasteiger partial charge in [0.05, 0.1) is 10.9 Å². The fourth-order valence-electron chi connectivity index (χ4n) is 2.88. The molecule has 0 aliphatic heterocycles. The minimum Gasteiger partial charge on any atom is -0.344 e. The molecule has 0 bridgehead atoms. The zero-order valence-electron chi connectivity index (χ0n) is 16.8. The molecule has 0 aliphatic rings. The molecule has 1 N–H and O–H groups in total. The topological polar surface area (TPSA) is 76.1 Å². The maximum absolute atomic E-state index is 12.6. The molecule has 5 nitrogen and oxygen atoms in total. The largest absolute Gasteiger partial charge is 0.344 e. The highest BCUT2D eigenvalue weighted by atomic mass is 32.2. The number of hydrogen-bond acceptors (Lipinski definition) is 5. The van der Waals surface area contributed by atoms with Crippen molar-refractivity contribution in [2.45, 2.75) is 37.6 Å². The van der Waals surface area contributed by atoms with Crippen molar-refractivity contribution in [3.63, 3.8) is 0 Å². The predicted molar refractivity (Wildman–Crippen MR) is 117 cm³/mol. The summed E-state index contributed by atoms with van der Waals surface area (Å²) in [6.45, 7) is 6.15. The molecule has 0 saturated carbocycles. The Bertz CT molecular complexity index is 1100. The molecule has 0 radical (unpaired) electrons. The van der Waals surface area contributed by atoms with E-state index in [0.717, 1.165) is 16.1 Å². The summed E-state index contributed by atoms with van der Waals surface area (Å²) in [7, 11) is -3.24. The van der Waals surface area contributed by atoms with E-state index in [1.54, 1.807) is 29.6 Å². The van der Waals surface area contributed by atoms with Gasteiger partial charge in [-0.1, -0.05) is 50.2 Å². The highest BCUT2D eigenvalue weighted by molar-refractivity contribution is 7.90. The third-order valence-corrected chi connectivity index (χ3v) is 6.74. The Hall–Kier alpha value is -2.51.